The molecule has 0 aliphatic heterocycles. The van der Waals surface area contributed by atoms with E-state index in [4.69, 9.17) is 0 Å². The first-order valence-electron chi connectivity index (χ1n) is 6.17. The van der Waals surface area contributed by atoms with Crippen molar-refractivity contribution in [1.29, 1.82) is 0 Å². The Morgan fingerprint density at radius 2 is 1.72 bits per heavy atom. The maximum atomic E-state index is 10.4. The molecule has 0 radical (unpaired) electrons. The summed E-state index contributed by atoms with van der Waals surface area (Å²) >= 11 is 0. The highest BCUT2D eigenvalue weighted by Gasteiger charge is 2.26. The third-order valence-electron chi connectivity index (χ3n) is 3.13. The van der Waals surface area contributed by atoms with Crippen LogP contribution in [0.2, 0.25) is 0 Å². The minimum absolute atomic E-state index is 0.116. The summed E-state index contributed by atoms with van der Waals surface area (Å²) in [7, 11) is 0. The van der Waals surface area contributed by atoms with E-state index in [1.807, 2.05) is 38.1 Å². The molecule has 1 aromatic heterocycles. The molecule has 0 saturated carbocycles. The number of aryl methyl sites for hydroxylation is 2. The van der Waals surface area contributed by atoms with Crippen LogP contribution in [-0.2, 0) is 5.41 Å². The Morgan fingerprint density at radius 3 is 2.22 bits per heavy atom. The summed E-state index contributed by atoms with van der Waals surface area (Å²) in [5, 5.41) is 14.9. The molecule has 0 bridgehead atoms. The first-order valence-corrected chi connectivity index (χ1v) is 6.17. The summed E-state index contributed by atoms with van der Waals surface area (Å²) in [5.41, 5.74) is 3.69. The SMILES string of the molecule is Cc1ccccc1-n1nc(C)c(C(C)(C)C)c1O. The second-order valence-electron chi connectivity index (χ2n) is 5.73. The lowest BCUT2D eigenvalue weighted by atomic mass is 9.87. The van der Waals surface area contributed by atoms with Gasteiger partial charge in [-0.3, -0.25) is 0 Å². The van der Waals surface area contributed by atoms with Gasteiger partial charge in [0.15, 0.2) is 0 Å². The van der Waals surface area contributed by atoms with Crippen molar-refractivity contribution in [3.8, 4) is 11.6 Å². The van der Waals surface area contributed by atoms with E-state index in [2.05, 4.69) is 25.9 Å². The molecular formula is C15H20N2O. The second kappa shape index (κ2) is 4.16. The molecule has 0 spiro atoms. The van der Waals surface area contributed by atoms with Crippen LogP contribution in [-0.4, -0.2) is 14.9 Å². The average Bonchev–Trinajstić information content (AvgIpc) is 2.54. The van der Waals surface area contributed by atoms with Crippen LogP contribution in [0.5, 0.6) is 5.88 Å². The molecule has 2 rings (SSSR count). The number of nitrogens with zero attached hydrogens (tertiary/aromatic N) is 2. The van der Waals surface area contributed by atoms with E-state index in [1.165, 1.54) is 0 Å². The molecule has 1 aromatic carbocycles. The summed E-state index contributed by atoms with van der Waals surface area (Å²) in [6, 6.07) is 7.92. The van der Waals surface area contributed by atoms with Crippen LogP contribution in [0.3, 0.4) is 0 Å². The summed E-state index contributed by atoms with van der Waals surface area (Å²) in [4.78, 5) is 0. The Hall–Kier alpha value is -1.77. The highest BCUT2D eigenvalue weighted by molar-refractivity contribution is 5.46. The quantitative estimate of drug-likeness (QED) is 0.833. The van der Waals surface area contributed by atoms with E-state index in [0.717, 1.165) is 22.5 Å². The molecule has 0 fully saturated rings. The molecule has 0 aliphatic carbocycles. The maximum absolute atomic E-state index is 10.4. The molecule has 2 aromatic rings. The third-order valence-corrected chi connectivity index (χ3v) is 3.13. The molecule has 1 N–H and O–H groups in total. The molecule has 0 amide bonds. The lowest BCUT2D eigenvalue weighted by Crippen LogP contribution is -2.12. The van der Waals surface area contributed by atoms with Gasteiger partial charge in [-0.15, -0.1) is 0 Å². The van der Waals surface area contributed by atoms with Gasteiger partial charge in [-0.05, 0) is 30.9 Å². The molecule has 0 atom stereocenters. The molecule has 0 aliphatic rings. The predicted molar refractivity (Wildman–Crippen MR) is 73.4 cm³/mol. The van der Waals surface area contributed by atoms with Crippen molar-refractivity contribution in [3.05, 3.63) is 41.1 Å². The van der Waals surface area contributed by atoms with Gasteiger partial charge < -0.3 is 5.11 Å². The molecule has 18 heavy (non-hydrogen) atoms. The minimum Gasteiger partial charge on any atom is -0.493 e. The molecule has 0 unspecified atom stereocenters. The molecule has 3 nitrogen and oxygen atoms in total. The molecular weight excluding hydrogens is 224 g/mol. The first kappa shape index (κ1) is 12.7. The zero-order chi connectivity index (χ0) is 13.5. The fourth-order valence-corrected chi connectivity index (χ4v) is 2.36. The Bertz CT molecular complexity index is 577. The Kier molecular flexibility index (Phi) is 2.93. The van der Waals surface area contributed by atoms with Crippen molar-refractivity contribution in [1.82, 2.24) is 9.78 Å². The second-order valence-corrected chi connectivity index (χ2v) is 5.73. The minimum atomic E-state index is -0.116. The number of para-hydroxylation sites is 1. The van der Waals surface area contributed by atoms with Crippen LogP contribution in [0.1, 0.15) is 37.6 Å². The number of hydrogen-bond acceptors (Lipinski definition) is 2. The number of hydrogen-bond donors (Lipinski definition) is 1. The van der Waals surface area contributed by atoms with Crippen LogP contribution in [0, 0.1) is 13.8 Å². The Labute approximate surface area is 108 Å². The number of aromatic hydroxyl groups is 1. The molecule has 1 heterocycles. The summed E-state index contributed by atoms with van der Waals surface area (Å²) in [5.74, 6) is 0.245. The van der Waals surface area contributed by atoms with E-state index in [1.54, 1.807) is 4.68 Å². The Balaban J connectivity index is 2.66. The third kappa shape index (κ3) is 2.01. The summed E-state index contributed by atoms with van der Waals surface area (Å²) < 4.78 is 1.63. The van der Waals surface area contributed by atoms with Crippen LogP contribution < -0.4 is 0 Å². The van der Waals surface area contributed by atoms with E-state index in [-0.39, 0.29) is 11.3 Å². The summed E-state index contributed by atoms with van der Waals surface area (Å²) in [6.07, 6.45) is 0. The first-order chi connectivity index (χ1) is 8.32. The van der Waals surface area contributed by atoms with Crippen molar-refractivity contribution in [2.45, 2.75) is 40.0 Å². The van der Waals surface area contributed by atoms with E-state index in [9.17, 15) is 5.11 Å². The number of aromatic nitrogens is 2. The van der Waals surface area contributed by atoms with Crippen LogP contribution in [0.4, 0.5) is 0 Å². The zero-order valence-electron chi connectivity index (χ0n) is 11.7. The lowest BCUT2D eigenvalue weighted by molar-refractivity contribution is 0.413. The van der Waals surface area contributed by atoms with Crippen molar-refractivity contribution in [3.63, 3.8) is 0 Å². The fourth-order valence-electron chi connectivity index (χ4n) is 2.36. The zero-order valence-corrected chi connectivity index (χ0v) is 11.7. The van der Waals surface area contributed by atoms with Gasteiger partial charge in [0, 0.05) is 5.56 Å². The van der Waals surface area contributed by atoms with E-state index < -0.39 is 0 Å². The van der Waals surface area contributed by atoms with E-state index in [0.29, 0.717) is 0 Å². The van der Waals surface area contributed by atoms with Crippen LogP contribution in [0.25, 0.3) is 5.69 Å². The van der Waals surface area contributed by atoms with Crippen molar-refractivity contribution < 1.29 is 5.11 Å². The van der Waals surface area contributed by atoms with Gasteiger partial charge in [0.25, 0.3) is 0 Å². The number of rotatable bonds is 1. The van der Waals surface area contributed by atoms with Crippen molar-refractivity contribution in [2.75, 3.05) is 0 Å². The molecule has 96 valence electrons. The normalized spacial score (nSPS) is 11.8. The average molecular weight is 244 g/mol. The van der Waals surface area contributed by atoms with Gasteiger partial charge in [-0.1, -0.05) is 39.0 Å². The molecule has 3 heteroatoms. The Morgan fingerprint density at radius 1 is 1.11 bits per heavy atom. The van der Waals surface area contributed by atoms with Crippen molar-refractivity contribution in [2.24, 2.45) is 0 Å². The van der Waals surface area contributed by atoms with Crippen molar-refractivity contribution >= 4 is 0 Å². The highest BCUT2D eigenvalue weighted by Crippen LogP contribution is 2.35. The van der Waals surface area contributed by atoms with Crippen LogP contribution in [0.15, 0.2) is 24.3 Å². The van der Waals surface area contributed by atoms with Gasteiger partial charge in [0.05, 0.1) is 11.4 Å². The smallest absolute Gasteiger partial charge is 0.218 e. The van der Waals surface area contributed by atoms with Gasteiger partial charge in [0.2, 0.25) is 5.88 Å². The fraction of sp³-hybridized carbons (Fsp3) is 0.400. The van der Waals surface area contributed by atoms with Crippen LogP contribution >= 0.6 is 0 Å². The van der Waals surface area contributed by atoms with Gasteiger partial charge in [-0.25, -0.2) is 4.68 Å². The standard InChI is InChI=1S/C15H20N2O/c1-10-8-6-7-9-12(10)17-14(18)13(11(2)16-17)15(3,4)5/h6-9,18H,1-5H3. The number of benzene rings is 1. The summed E-state index contributed by atoms with van der Waals surface area (Å²) in [6.45, 7) is 10.2. The maximum Gasteiger partial charge on any atom is 0.218 e. The van der Waals surface area contributed by atoms with Gasteiger partial charge in [-0.2, -0.15) is 5.10 Å². The highest BCUT2D eigenvalue weighted by atomic mass is 16.3. The van der Waals surface area contributed by atoms with E-state index >= 15 is 0 Å². The largest absolute Gasteiger partial charge is 0.493 e. The van der Waals surface area contributed by atoms with Gasteiger partial charge >= 0.3 is 0 Å². The lowest BCUT2D eigenvalue weighted by Gasteiger charge is -2.18. The van der Waals surface area contributed by atoms with Gasteiger partial charge in [0.1, 0.15) is 0 Å². The topological polar surface area (TPSA) is 38.0 Å². The predicted octanol–water partition coefficient (Wildman–Crippen LogP) is 3.49. The molecule has 0 saturated heterocycles. The monoisotopic (exact) mass is 244 g/mol.